The highest BCUT2D eigenvalue weighted by molar-refractivity contribution is 7.21. The predicted octanol–water partition coefficient (Wildman–Crippen LogP) is 5.52. The first-order valence-electron chi connectivity index (χ1n) is 11.0. The Morgan fingerprint density at radius 1 is 1.03 bits per heavy atom. The number of ether oxygens (including phenoxy) is 3. The first-order chi connectivity index (χ1) is 17.9. The SMILES string of the molecule is COc1cnc2c(-c3nc4cc(F)c(OCCOC(=O)Nc5ccc(F)nc5)cc4s3)cc(C)cc2n1. The summed E-state index contributed by atoms with van der Waals surface area (Å²) >= 11 is 1.37. The summed E-state index contributed by atoms with van der Waals surface area (Å²) < 4.78 is 43.9. The molecule has 0 aliphatic heterocycles. The summed E-state index contributed by atoms with van der Waals surface area (Å²) in [6, 6.07) is 9.17. The Morgan fingerprint density at radius 3 is 2.68 bits per heavy atom. The van der Waals surface area contributed by atoms with Crippen LogP contribution in [0.5, 0.6) is 11.6 Å². The van der Waals surface area contributed by atoms with E-state index in [0.717, 1.165) is 23.4 Å². The molecular weight excluding hydrogens is 504 g/mol. The zero-order valence-corrected chi connectivity index (χ0v) is 20.4. The fourth-order valence-electron chi connectivity index (χ4n) is 3.55. The van der Waals surface area contributed by atoms with Crippen molar-refractivity contribution in [2.45, 2.75) is 6.92 Å². The van der Waals surface area contributed by atoms with Crippen molar-refractivity contribution in [3.05, 3.63) is 66.1 Å². The molecule has 5 aromatic rings. The molecular formula is C25H19F2N5O4S. The third-order valence-corrected chi connectivity index (χ3v) is 6.25. The van der Waals surface area contributed by atoms with Crippen molar-refractivity contribution in [2.24, 2.45) is 0 Å². The molecule has 9 nitrogen and oxygen atoms in total. The molecule has 1 amide bonds. The predicted molar refractivity (Wildman–Crippen MR) is 134 cm³/mol. The third kappa shape index (κ3) is 5.38. The van der Waals surface area contributed by atoms with E-state index in [2.05, 4.69) is 25.3 Å². The number of rotatable bonds is 7. The number of amides is 1. The highest BCUT2D eigenvalue weighted by Gasteiger charge is 2.16. The van der Waals surface area contributed by atoms with Crippen LogP contribution < -0.4 is 14.8 Å². The number of aromatic nitrogens is 4. The van der Waals surface area contributed by atoms with Crippen molar-refractivity contribution >= 4 is 44.4 Å². The van der Waals surface area contributed by atoms with Crippen molar-refractivity contribution in [3.8, 4) is 22.2 Å². The van der Waals surface area contributed by atoms with Gasteiger partial charge in [0.15, 0.2) is 11.6 Å². The van der Waals surface area contributed by atoms with Gasteiger partial charge in [0.1, 0.15) is 18.2 Å². The van der Waals surface area contributed by atoms with E-state index in [1.165, 1.54) is 30.6 Å². The van der Waals surface area contributed by atoms with Gasteiger partial charge in [-0.2, -0.15) is 4.39 Å². The summed E-state index contributed by atoms with van der Waals surface area (Å²) in [5.41, 5.74) is 3.84. The number of fused-ring (bicyclic) bond motifs is 2. The normalized spacial score (nSPS) is 11.0. The van der Waals surface area contributed by atoms with E-state index in [0.29, 0.717) is 32.1 Å². The Hall–Kier alpha value is -4.45. The van der Waals surface area contributed by atoms with Gasteiger partial charge in [0.2, 0.25) is 11.8 Å². The fraction of sp³-hybridized carbons (Fsp3) is 0.160. The maximum atomic E-state index is 14.7. The Bertz CT molecular complexity index is 1610. The lowest BCUT2D eigenvalue weighted by Crippen LogP contribution is -2.18. The summed E-state index contributed by atoms with van der Waals surface area (Å²) in [5.74, 6) is -0.843. The molecule has 188 valence electrons. The molecule has 0 spiro atoms. The molecule has 37 heavy (non-hydrogen) atoms. The van der Waals surface area contributed by atoms with Gasteiger partial charge in [0, 0.05) is 17.7 Å². The number of halogens is 2. The average Bonchev–Trinajstić information content (AvgIpc) is 3.29. The van der Waals surface area contributed by atoms with E-state index in [-0.39, 0.29) is 24.7 Å². The monoisotopic (exact) mass is 523 g/mol. The largest absolute Gasteiger partial charge is 0.487 e. The highest BCUT2D eigenvalue weighted by Crippen LogP contribution is 2.37. The van der Waals surface area contributed by atoms with Crippen LogP contribution in [0.4, 0.5) is 19.3 Å². The van der Waals surface area contributed by atoms with Crippen LogP contribution in [0.3, 0.4) is 0 Å². The van der Waals surface area contributed by atoms with Gasteiger partial charge in [0.05, 0.1) is 46.4 Å². The number of pyridine rings is 1. The van der Waals surface area contributed by atoms with Crippen LogP contribution >= 0.6 is 11.3 Å². The summed E-state index contributed by atoms with van der Waals surface area (Å²) in [5, 5.41) is 3.06. The van der Waals surface area contributed by atoms with Crippen LogP contribution in [-0.4, -0.2) is 46.4 Å². The standard InChI is InChI=1S/C25H19F2N5O4S/c1-13-7-15(23-18(8-13)31-22(34-2)12-29-23)24-32-17-9-16(26)19(10-20(17)37-24)35-5-6-36-25(33)30-14-3-4-21(27)28-11-14/h3-4,7-12H,5-6H2,1-2H3,(H,30,33). The molecule has 5 rings (SSSR count). The zero-order valence-electron chi connectivity index (χ0n) is 19.6. The molecule has 0 aliphatic rings. The molecule has 0 bridgehead atoms. The Labute approximate surface area is 213 Å². The number of hydrogen-bond donors (Lipinski definition) is 1. The lowest BCUT2D eigenvalue weighted by atomic mass is 10.1. The van der Waals surface area contributed by atoms with Crippen LogP contribution in [-0.2, 0) is 4.74 Å². The summed E-state index contributed by atoms with van der Waals surface area (Å²) in [4.78, 5) is 28.8. The number of nitrogens with one attached hydrogen (secondary N) is 1. The number of anilines is 1. The van der Waals surface area contributed by atoms with Crippen LogP contribution in [0.1, 0.15) is 5.56 Å². The Morgan fingerprint density at radius 2 is 1.89 bits per heavy atom. The zero-order chi connectivity index (χ0) is 25.9. The molecule has 3 heterocycles. The second-order valence-corrected chi connectivity index (χ2v) is 8.87. The van der Waals surface area contributed by atoms with Crippen molar-refractivity contribution < 1.29 is 27.8 Å². The topological polar surface area (TPSA) is 108 Å². The molecule has 0 saturated heterocycles. The van der Waals surface area contributed by atoms with Gasteiger partial charge in [-0.05, 0) is 36.8 Å². The Kier molecular flexibility index (Phi) is 6.73. The number of methoxy groups -OCH3 is 1. The minimum Gasteiger partial charge on any atom is -0.487 e. The summed E-state index contributed by atoms with van der Waals surface area (Å²) in [7, 11) is 1.53. The number of thiazole rings is 1. The minimum atomic E-state index is -0.772. The van der Waals surface area contributed by atoms with Gasteiger partial charge < -0.3 is 14.2 Å². The second kappa shape index (κ2) is 10.3. The van der Waals surface area contributed by atoms with Crippen molar-refractivity contribution in [2.75, 3.05) is 25.6 Å². The van der Waals surface area contributed by atoms with Crippen molar-refractivity contribution in [1.82, 2.24) is 19.9 Å². The molecule has 3 aromatic heterocycles. The maximum absolute atomic E-state index is 14.7. The van der Waals surface area contributed by atoms with E-state index in [4.69, 9.17) is 14.2 Å². The number of carbonyl (C=O) groups is 1. The van der Waals surface area contributed by atoms with Crippen molar-refractivity contribution in [1.29, 1.82) is 0 Å². The number of aryl methyl sites for hydroxylation is 1. The first kappa shape index (κ1) is 24.3. The molecule has 1 N–H and O–H groups in total. The molecule has 12 heteroatoms. The van der Waals surface area contributed by atoms with E-state index < -0.39 is 17.9 Å². The molecule has 2 aromatic carbocycles. The Balaban J connectivity index is 1.29. The molecule has 0 atom stereocenters. The summed E-state index contributed by atoms with van der Waals surface area (Å²) in [6.45, 7) is 1.73. The number of nitrogens with zero attached hydrogens (tertiary/aromatic N) is 4. The van der Waals surface area contributed by atoms with Gasteiger partial charge in [-0.3, -0.25) is 5.32 Å². The lowest BCUT2D eigenvalue weighted by Gasteiger charge is -2.09. The molecule has 0 unspecified atom stereocenters. The molecule has 0 aliphatic carbocycles. The molecule has 0 fully saturated rings. The average molecular weight is 524 g/mol. The lowest BCUT2D eigenvalue weighted by molar-refractivity contribution is 0.136. The van der Waals surface area contributed by atoms with Gasteiger partial charge in [0.25, 0.3) is 0 Å². The molecule has 0 saturated carbocycles. The van der Waals surface area contributed by atoms with Gasteiger partial charge >= 0.3 is 6.09 Å². The highest BCUT2D eigenvalue weighted by atomic mass is 32.1. The first-order valence-corrected chi connectivity index (χ1v) is 11.8. The van der Waals surface area contributed by atoms with E-state index in [1.807, 2.05) is 19.1 Å². The van der Waals surface area contributed by atoms with Crippen LogP contribution in [0.25, 0.3) is 31.8 Å². The number of benzene rings is 2. The van der Waals surface area contributed by atoms with Gasteiger partial charge in [-0.15, -0.1) is 11.3 Å². The van der Waals surface area contributed by atoms with Crippen molar-refractivity contribution in [3.63, 3.8) is 0 Å². The number of carbonyl (C=O) groups excluding carboxylic acids is 1. The fourth-order valence-corrected chi connectivity index (χ4v) is 4.55. The van der Waals surface area contributed by atoms with Crippen LogP contribution in [0.15, 0.2) is 48.8 Å². The second-order valence-electron chi connectivity index (χ2n) is 7.84. The van der Waals surface area contributed by atoms with E-state index in [1.54, 1.807) is 12.3 Å². The van der Waals surface area contributed by atoms with Gasteiger partial charge in [-0.1, -0.05) is 0 Å². The minimum absolute atomic E-state index is 0.00747. The number of hydrogen-bond acceptors (Lipinski definition) is 9. The van der Waals surface area contributed by atoms with Crippen LogP contribution in [0.2, 0.25) is 0 Å². The summed E-state index contributed by atoms with van der Waals surface area (Å²) in [6.07, 6.45) is 1.93. The smallest absolute Gasteiger partial charge is 0.411 e. The third-order valence-electron chi connectivity index (χ3n) is 5.20. The maximum Gasteiger partial charge on any atom is 0.411 e. The molecule has 0 radical (unpaired) electrons. The van der Waals surface area contributed by atoms with Gasteiger partial charge in [-0.25, -0.2) is 29.1 Å². The van der Waals surface area contributed by atoms with Crippen LogP contribution in [0, 0.1) is 18.7 Å². The quantitative estimate of drug-likeness (QED) is 0.219. The van der Waals surface area contributed by atoms with E-state index >= 15 is 0 Å². The van der Waals surface area contributed by atoms with E-state index in [9.17, 15) is 13.6 Å².